The summed E-state index contributed by atoms with van der Waals surface area (Å²) in [7, 11) is 0. The van der Waals surface area contributed by atoms with E-state index < -0.39 is 6.04 Å². The van der Waals surface area contributed by atoms with Gasteiger partial charge in [0, 0.05) is 63.6 Å². The number of hydrogen-bond donors (Lipinski definition) is 3. The summed E-state index contributed by atoms with van der Waals surface area (Å²) in [6.07, 6.45) is 9.60. The molecule has 220 valence electrons. The maximum Gasteiger partial charge on any atom is 0.318 e. The number of aromatic hydroxyl groups is 1. The molecule has 0 spiro atoms. The molecular weight excluding hydrogens is 530 g/mol. The Balaban J connectivity index is 1.21. The van der Waals surface area contributed by atoms with Gasteiger partial charge in [-0.15, -0.1) is 0 Å². The lowest BCUT2D eigenvalue weighted by Gasteiger charge is -2.41. The molecule has 3 aromatic rings. The Bertz CT molecular complexity index is 1370. The van der Waals surface area contributed by atoms with Gasteiger partial charge in [0.25, 0.3) is 0 Å². The van der Waals surface area contributed by atoms with Crippen LogP contribution in [0.25, 0.3) is 0 Å². The lowest BCUT2D eigenvalue weighted by molar-refractivity contribution is -0.127. The van der Waals surface area contributed by atoms with Gasteiger partial charge in [0.2, 0.25) is 5.91 Å². The molecule has 1 atom stereocenters. The van der Waals surface area contributed by atoms with Crippen LogP contribution >= 0.6 is 0 Å². The Morgan fingerprint density at radius 1 is 0.976 bits per heavy atom. The number of hydrogen-bond acceptors (Lipinski definition) is 6. The first-order valence-corrected chi connectivity index (χ1v) is 14.8. The first kappa shape index (κ1) is 29.1. The summed E-state index contributed by atoms with van der Waals surface area (Å²) >= 11 is 0. The van der Waals surface area contributed by atoms with Gasteiger partial charge in [0.15, 0.2) is 0 Å². The molecule has 2 aliphatic rings. The highest BCUT2D eigenvalue weighted by molar-refractivity contribution is 5.87. The molecule has 3 N–H and O–H groups in total. The van der Waals surface area contributed by atoms with Crippen molar-refractivity contribution in [1.82, 2.24) is 30.0 Å². The predicted molar refractivity (Wildman–Crippen MR) is 158 cm³/mol. The van der Waals surface area contributed by atoms with Crippen molar-refractivity contribution in [3.63, 3.8) is 0 Å². The van der Waals surface area contributed by atoms with Gasteiger partial charge in [-0.1, -0.05) is 43.5 Å². The van der Waals surface area contributed by atoms with Gasteiger partial charge < -0.3 is 25.2 Å². The van der Waals surface area contributed by atoms with Crippen molar-refractivity contribution in [2.75, 3.05) is 26.2 Å². The van der Waals surface area contributed by atoms with Crippen molar-refractivity contribution < 1.29 is 14.7 Å². The average molecular weight is 570 g/mol. The van der Waals surface area contributed by atoms with E-state index in [2.05, 4.69) is 26.6 Å². The molecular formula is C32H39N7O3. The molecule has 0 unspecified atom stereocenters. The lowest BCUT2D eigenvalue weighted by atomic mass is 9.95. The number of aromatic nitrogens is 2. The number of rotatable bonds is 9. The van der Waals surface area contributed by atoms with Crippen molar-refractivity contribution in [3.8, 4) is 11.8 Å². The maximum absolute atomic E-state index is 13.6. The lowest BCUT2D eigenvalue weighted by Crippen LogP contribution is -2.63. The number of nitrogens with zero attached hydrogens (tertiary/aromatic N) is 5. The van der Waals surface area contributed by atoms with Crippen molar-refractivity contribution in [1.29, 1.82) is 5.26 Å². The highest BCUT2D eigenvalue weighted by Gasteiger charge is 2.36. The zero-order chi connectivity index (χ0) is 29.3. The van der Waals surface area contributed by atoms with Crippen LogP contribution in [0.2, 0.25) is 0 Å². The van der Waals surface area contributed by atoms with Gasteiger partial charge in [-0.3, -0.25) is 9.69 Å². The van der Waals surface area contributed by atoms with Crippen LogP contribution < -0.4 is 10.6 Å². The van der Waals surface area contributed by atoms with Crippen molar-refractivity contribution >= 4 is 11.9 Å². The van der Waals surface area contributed by atoms with Gasteiger partial charge in [-0.05, 0) is 48.2 Å². The van der Waals surface area contributed by atoms with Crippen LogP contribution in [0, 0.1) is 11.3 Å². The first-order valence-electron chi connectivity index (χ1n) is 14.8. The molecule has 0 radical (unpaired) electrons. The fourth-order valence-corrected chi connectivity index (χ4v) is 5.83. The van der Waals surface area contributed by atoms with E-state index in [0.717, 1.165) is 42.5 Å². The second-order valence-corrected chi connectivity index (χ2v) is 11.3. The van der Waals surface area contributed by atoms with Crippen LogP contribution in [0.5, 0.6) is 5.75 Å². The number of carbonyl (C=O) groups is 2. The summed E-state index contributed by atoms with van der Waals surface area (Å²) in [4.78, 5) is 35.1. The van der Waals surface area contributed by atoms with E-state index in [0.29, 0.717) is 51.3 Å². The maximum atomic E-state index is 13.6. The molecule has 1 aromatic heterocycles. The minimum absolute atomic E-state index is 0.160. The van der Waals surface area contributed by atoms with E-state index in [1.807, 2.05) is 28.8 Å². The Morgan fingerprint density at radius 3 is 2.43 bits per heavy atom. The SMILES string of the molecule is N#Cc1ccc(Cn2cncc2CCNC(=O)[C@H]2CN(Cc3ccc(O)cc3)CCN2C(=O)NC2CCCCC2)cc1. The van der Waals surface area contributed by atoms with Gasteiger partial charge in [0.05, 0.1) is 18.0 Å². The molecule has 2 fully saturated rings. The summed E-state index contributed by atoms with van der Waals surface area (Å²) in [5.74, 6) is 0.0563. The Labute approximate surface area is 247 Å². The van der Waals surface area contributed by atoms with E-state index in [-0.39, 0.29) is 23.7 Å². The number of nitrogens with one attached hydrogen (secondary N) is 2. The van der Waals surface area contributed by atoms with Crippen LogP contribution in [0.1, 0.15) is 54.5 Å². The molecule has 10 nitrogen and oxygen atoms in total. The monoisotopic (exact) mass is 569 g/mol. The van der Waals surface area contributed by atoms with E-state index in [9.17, 15) is 14.7 Å². The number of phenolic OH excluding ortho intramolecular Hbond substituents is 1. The van der Waals surface area contributed by atoms with Crippen LogP contribution in [0.15, 0.2) is 61.1 Å². The van der Waals surface area contributed by atoms with E-state index in [1.54, 1.807) is 41.7 Å². The number of nitriles is 1. The summed E-state index contributed by atoms with van der Waals surface area (Å²) < 4.78 is 2.04. The van der Waals surface area contributed by atoms with E-state index in [4.69, 9.17) is 5.26 Å². The zero-order valence-electron chi connectivity index (χ0n) is 23.9. The van der Waals surface area contributed by atoms with Crippen LogP contribution in [0.4, 0.5) is 4.79 Å². The Morgan fingerprint density at radius 2 is 1.69 bits per heavy atom. The van der Waals surface area contributed by atoms with Gasteiger partial charge in [-0.25, -0.2) is 9.78 Å². The molecule has 1 saturated carbocycles. The number of urea groups is 1. The molecule has 1 aliphatic carbocycles. The van der Waals surface area contributed by atoms with Crippen molar-refractivity contribution in [2.24, 2.45) is 0 Å². The summed E-state index contributed by atoms with van der Waals surface area (Å²) in [5.41, 5.74) is 3.72. The quantitative estimate of drug-likeness (QED) is 0.363. The average Bonchev–Trinajstić information content (AvgIpc) is 3.45. The third kappa shape index (κ3) is 7.68. The molecule has 2 heterocycles. The van der Waals surface area contributed by atoms with Crippen molar-refractivity contribution in [2.45, 2.75) is 63.7 Å². The Kier molecular flexibility index (Phi) is 9.72. The molecule has 42 heavy (non-hydrogen) atoms. The molecule has 1 saturated heterocycles. The van der Waals surface area contributed by atoms with Gasteiger partial charge >= 0.3 is 6.03 Å². The Hall–Kier alpha value is -4.36. The molecule has 2 aromatic carbocycles. The molecule has 3 amide bonds. The predicted octanol–water partition coefficient (Wildman–Crippen LogP) is 3.40. The van der Waals surface area contributed by atoms with Crippen LogP contribution in [-0.2, 0) is 24.3 Å². The minimum atomic E-state index is -0.608. The van der Waals surface area contributed by atoms with E-state index in [1.165, 1.54) is 6.42 Å². The van der Waals surface area contributed by atoms with Gasteiger partial charge in [0.1, 0.15) is 11.8 Å². The standard InChI is InChI=1S/C32H39N7O3/c33-18-24-6-8-26(9-7-24)21-38-23-34-19-28(38)14-15-35-31(41)30-22-37(20-25-10-12-29(40)13-11-25)16-17-39(30)32(42)36-27-4-2-1-3-5-27/h6-13,19,23,27,30,40H,1-5,14-17,20-22H2,(H,35,41)(H,36,42)/t30-/m1/s1. The third-order valence-electron chi connectivity index (χ3n) is 8.22. The number of imidazole rings is 1. The molecule has 1 aliphatic heterocycles. The number of amides is 3. The fraction of sp³-hybridized carbons (Fsp3) is 0.438. The summed E-state index contributed by atoms with van der Waals surface area (Å²) in [6, 6.07) is 16.1. The normalized spacial score (nSPS) is 17.9. The third-order valence-corrected chi connectivity index (χ3v) is 8.22. The summed E-state index contributed by atoms with van der Waals surface area (Å²) in [6.45, 7) is 3.24. The molecule has 0 bridgehead atoms. The second-order valence-electron chi connectivity index (χ2n) is 11.3. The summed E-state index contributed by atoms with van der Waals surface area (Å²) in [5, 5.41) is 24.9. The highest BCUT2D eigenvalue weighted by Crippen LogP contribution is 2.20. The minimum Gasteiger partial charge on any atom is -0.508 e. The molecule has 5 rings (SSSR count). The zero-order valence-corrected chi connectivity index (χ0v) is 23.9. The second kappa shape index (κ2) is 14.0. The van der Waals surface area contributed by atoms with Crippen molar-refractivity contribution in [3.05, 3.63) is 83.4 Å². The number of piperazine rings is 1. The topological polar surface area (TPSA) is 127 Å². The number of carbonyl (C=O) groups excluding carboxylic acids is 2. The highest BCUT2D eigenvalue weighted by atomic mass is 16.3. The van der Waals surface area contributed by atoms with E-state index >= 15 is 0 Å². The fourth-order valence-electron chi connectivity index (χ4n) is 5.83. The number of phenols is 1. The van der Waals surface area contributed by atoms with Gasteiger partial charge in [-0.2, -0.15) is 5.26 Å². The van der Waals surface area contributed by atoms with Crippen LogP contribution in [0.3, 0.4) is 0 Å². The van der Waals surface area contributed by atoms with Crippen LogP contribution in [-0.4, -0.2) is 74.7 Å². The molecule has 10 heteroatoms. The number of benzene rings is 2. The smallest absolute Gasteiger partial charge is 0.318 e. The first-order chi connectivity index (χ1) is 20.5. The largest absolute Gasteiger partial charge is 0.508 e.